The quantitative estimate of drug-likeness (QED) is 0.354. The van der Waals surface area contributed by atoms with Crippen LogP contribution in [0.3, 0.4) is 0 Å². The van der Waals surface area contributed by atoms with Crippen LogP contribution in [0, 0.1) is 11.8 Å². The molecule has 0 rings (SSSR count). The molecule has 3 N–H and O–H groups in total. The third-order valence-corrected chi connectivity index (χ3v) is 1.84. The van der Waals surface area contributed by atoms with Gasteiger partial charge < -0.3 is 15.5 Å². The van der Waals surface area contributed by atoms with Crippen LogP contribution in [0.5, 0.6) is 0 Å². The zero-order valence-electron chi connectivity index (χ0n) is 17.1. The van der Waals surface area contributed by atoms with Gasteiger partial charge in [0.25, 0.3) is 6.47 Å². The van der Waals surface area contributed by atoms with E-state index in [2.05, 4.69) is 30.7 Å². The monoisotopic (exact) mass is 349 g/mol. The van der Waals surface area contributed by atoms with E-state index in [4.69, 9.17) is 15.0 Å². The molecule has 24 heavy (non-hydrogen) atoms. The summed E-state index contributed by atoms with van der Waals surface area (Å²) in [5.74, 6) is 5.99. The van der Waals surface area contributed by atoms with Crippen LogP contribution in [-0.2, 0) is 4.79 Å². The first-order valence-electron chi connectivity index (χ1n) is 8.34. The Morgan fingerprint density at radius 3 is 1.71 bits per heavy atom. The molecular formula is C20H47NO3. The van der Waals surface area contributed by atoms with Crippen molar-refractivity contribution in [1.82, 2.24) is 5.32 Å². The van der Waals surface area contributed by atoms with Crippen molar-refractivity contribution in [3.63, 3.8) is 0 Å². The molecule has 0 heterocycles. The highest BCUT2D eigenvalue weighted by Gasteiger charge is 2.01. The average molecular weight is 350 g/mol. The van der Waals surface area contributed by atoms with E-state index in [1.54, 1.807) is 6.08 Å². The number of hydrogen-bond acceptors (Lipinski definition) is 3. The van der Waals surface area contributed by atoms with Crippen LogP contribution in [-0.4, -0.2) is 36.9 Å². The lowest BCUT2D eigenvalue weighted by Gasteiger charge is -2.12. The number of carboxylic acid groups (broad SMARTS) is 1. The van der Waals surface area contributed by atoms with Gasteiger partial charge in [-0.2, -0.15) is 0 Å². The molecule has 0 radical (unpaired) electrons. The molecule has 1 unspecified atom stereocenters. The van der Waals surface area contributed by atoms with Crippen LogP contribution in [0.4, 0.5) is 0 Å². The Balaban J connectivity index is -0.0000000373. The van der Waals surface area contributed by atoms with Gasteiger partial charge in [-0.25, -0.2) is 0 Å². The highest BCUT2D eigenvalue weighted by Crippen LogP contribution is 2.02. The Morgan fingerprint density at radius 2 is 1.50 bits per heavy atom. The van der Waals surface area contributed by atoms with E-state index in [9.17, 15) is 0 Å². The molecule has 0 saturated carbocycles. The fraction of sp³-hybridized carbons (Fsp3) is 0.750. The zero-order chi connectivity index (χ0) is 19.9. The largest absolute Gasteiger partial charge is 0.483 e. The van der Waals surface area contributed by atoms with Crippen LogP contribution in [0.2, 0.25) is 0 Å². The first-order chi connectivity index (χ1) is 11.2. The number of nitrogens with one attached hydrogen (secondary N) is 1. The highest BCUT2D eigenvalue weighted by atomic mass is 16.3. The maximum atomic E-state index is 8.36. The van der Waals surface area contributed by atoms with Gasteiger partial charge >= 0.3 is 0 Å². The third-order valence-electron chi connectivity index (χ3n) is 1.84. The van der Waals surface area contributed by atoms with Gasteiger partial charge in [0.1, 0.15) is 0 Å². The molecule has 0 aromatic heterocycles. The molecule has 0 saturated heterocycles. The number of carbonyl (C=O) groups is 1. The Kier molecular flexibility index (Phi) is 147. The Bertz CT molecular complexity index is 203. The fourth-order valence-corrected chi connectivity index (χ4v) is 1.15. The van der Waals surface area contributed by atoms with Gasteiger partial charge in [0, 0.05) is 19.6 Å². The summed E-state index contributed by atoms with van der Waals surface area (Å²) in [5, 5.41) is 17.2. The molecule has 0 amide bonds. The zero-order valence-corrected chi connectivity index (χ0v) is 17.1. The van der Waals surface area contributed by atoms with Crippen molar-refractivity contribution in [1.29, 1.82) is 0 Å². The second-order valence-electron chi connectivity index (χ2n) is 3.25. The summed E-state index contributed by atoms with van der Waals surface area (Å²) in [7, 11) is 3.03. The molecule has 0 aromatic rings. The predicted octanol–water partition coefficient (Wildman–Crippen LogP) is 5.37. The van der Waals surface area contributed by atoms with Gasteiger partial charge in [-0.1, -0.05) is 54.5 Å². The summed E-state index contributed by atoms with van der Waals surface area (Å²) >= 11 is 0. The summed E-state index contributed by atoms with van der Waals surface area (Å²) in [5.41, 5.74) is 0. The molecule has 0 aliphatic heterocycles. The Labute approximate surface area is 153 Å². The van der Waals surface area contributed by atoms with E-state index in [1.807, 2.05) is 48.6 Å². The van der Waals surface area contributed by atoms with Crippen molar-refractivity contribution in [2.45, 2.75) is 87.6 Å². The summed E-state index contributed by atoms with van der Waals surface area (Å²) in [4.78, 5) is 8.36. The smallest absolute Gasteiger partial charge is 0.290 e. The van der Waals surface area contributed by atoms with Gasteiger partial charge in [-0.3, -0.25) is 4.79 Å². The molecule has 0 aromatic carbocycles. The van der Waals surface area contributed by atoms with E-state index < -0.39 is 0 Å². The number of rotatable bonds is 5. The molecule has 4 heteroatoms. The molecule has 0 aliphatic carbocycles. The van der Waals surface area contributed by atoms with Crippen molar-refractivity contribution >= 4 is 6.47 Å². The summed E-state index contributed by atoms with van der Waals surface area (Å²) in [6, 6.07) is 0.667. The standard InChI is InChI=1S/C10H19N.C3H6.2C2H6.CH2O2.CH4O.CH4/c1-4-6-7-9-10(11-3)8-5-2;1-3-2;2*1-2;2-1-3;1-2;/h10-11H,5,7-9H2,1-3H3;3H,1H2,2H3;2*1-2H3;1H,(H,2,3);2H,1H3;1H4. The summed E-state index contributed by atoms with van der Waals surface area (Å²) in [6.07, 6.45) is 6.49. The van der Waals surface area contributed by atoms with Crippen molar-refractivity contribution in [3.05, 3.63) is 12.7 Å². The number of aliphatic hydroxyl groups excluding tert-OH is 1. The van der Waals surface area contributed by atoms with Crippen LogP contribution < -0.4 is 5.32 Å². The maximum absolute atomic E-state index is 8.36. The van der Waals surface area contributed by atoms with Gasteiger partial charge in [0.2, 0.25) is 0 Å². The SMILES string of the molecule is C.C=CC.CC.CC.CC#CCCC(CCC)NC.CO.O=CO. The van der Waals surface area contributed by atoms with Crippen LogP contribution in [0.15, 0.2) is 12.7 Å². The van der Waals surface area contributed by atoms with Crippen molar-refractivity contribution < 1.29 is 15.0 Å². The fourth-order valence-electron chi connectivity index (χ4n) is 1.15. The Hall–Kier alpha value is -1.31. The summed E-state index contributed by atoms with van der Waals surface area (Å²) < 4.78 is 0. The normalized spacial score (nSPS) is 7.25. The molecular weight excluding hydrogens is 302 g/mol. The lowest BCUT2D eigenvalue weighted by Crippen LogP contribution is -2.24. The predicted molar refractivity (Wildman–Crippen MR) is 113 cm³/mol. The highest BCUT2D eigenvalue weighted by molar-refractivity contribution is 5.32. The van der Waals surface area contributed by atoms with Crippen LogP contribution >= 0.6 is 0 Å². The van der Waals surface area contributed by atoms with E-state index >= 15 is 0 Å². The molecule has 1 atom stereocenters. The topological polar surface area (TPSA) is 69.6 Å². The molecule has 0 fully saturated rings. The minimum Gasteiger partial charge on any atom is -0.483 e. The molecule has 4 nitrogen and oxygen atoms in total. The minimum atomic E-state index is -0.250. The molecule has 0 spiro atoms. The van der Waals surface area contributed by atoms with E-state index in [-0.39, 0.29) is 13.9 Å². The lowest BCUT2D eigenvalue weighted by atomic mass is 10.1. The van der Waals surface area contributed by atoms with E-state index in [0.29, 0.717) is 6.04 Å². The second-order valence-corrected chi connectivity index (χ2v) is 3.25. The number of allylic oxidation sites excluding steroid dienone is 1. The van der Waals surface area contributed by atoms with Gasteiger partial charge in [-0.05, 0) is 33.7 Å². The van der Waals surface area contributed by atoms with Crippen LogP contribution in [0.1, 0.15) is 81.6 Å². The Morgan fingerprint density at radius 1 is 1.17 bits per heavy atom. The minimum absolute atomic E-state index is 0. The second kappa shape index (κ2) is 81.3. The van der Waals surface area contributed by atoms with Crippen LogP contribution in [0.25, 0.3) is 0 Å². The third kappa shape index (κ3) is 106. The summed E-state index contributed by atoms with van der Waals surface area (Å²) in [6.45, 7) is 17.1. The first-order valence-corrected chi connectivity index (χ1v) is 8.34. The molecule has 0 aliphatic rings. The van der Waals surface area contributed by atoms with Crippen molar-refractivity contribution in [2.75, 3.05) is 14.2 Å². The number of hydrogen-bond donors (Lipinski definition) is 3. The van der Waals surface area contributed by atoms with Gasteiger partial charge in [0.05, 0.1) is 0 Å². The lowest BCUT2D eigenvalue weighted by molar-refractivity contribution is -0.122. The maximum Gasteiger partial charge on any atom is 0.290 e. The average Bonchev–Trinajstić information content (AvgIpc) is 2.61. The van der Waals surface area contributed by atoms with Gasteiger partial charge in [-0.15, -0.1) is 18.4 Å². The van der Waals surface area contributed by atoms with Crippen molar-refractivity contribution in [3.8, 4) is 11.8 Å². The first kappa shape index (κ1) is 43.4. The van der Waals surface area contributed by atoms with E-state index in [0.717, 1.165) is 13.5 Å². The van der Waals surface area contributed by atoms with Crippen molar-refractivity contribution in [2.24, 2.45) is 0 Å². The van der Waals surface area contributed by atoms with E-state index in [1.165, 1.54) is 19.3 Å². The van der Waals surface area contributed by atoms with Gasteiger partial charge in [0.15, 0.2) is 0 Å². The molecule has 150 valence electrons. The number of aliphatic hydroxyl groups is 1. The molecule has 0 bridgehead atoms.